The van der Waals surface area contributed by atoms with Crippen LogP contribution in [0.3, 0.4) is 0 Å². The molecule has 0 saturated carbocycles. The molecule has 0 bridgehead atoms. The lowest BCUT2D eigenvalue weighted by Gasteiger charge is -2.10. The molecule has 0 spiro atoms. The van der Waals surface area contributed by atoms with Gasteiger partial charge in [-0.05, 0) is 24.6 Å². The molecule has 0 heterocycles. The van der Waals surface area contributed by atoms with Crippen molar-refractivity contribution in [3.05, 3.63) is 23.8 Å². The first-order chi connectivity index (χ1) is 8.29. The Morgan fingerprint density at radius 1 is 1.39 bits per heavy atom. The molecule has 0 unspecified atom stereocenters. The number of carboxylic acids is 1. The molecule has 0 aliphatic rings. The molecule has 18 heavy (non-hydrogen) atoms. The van der Waals surface area contributed by atoms with Crippen molar-refractivity contribution < 1.29 is 27.8 Å². The van der Waals surface area contributed by atoms with E-state index < -0.39 is 18.6 Å². The Morgan fingerprint density at radius 2 is 2.06 bits per heavy atom. The van der Waals surface area contributed by atoms with E-state index in [4.69, 9.17) is 15.6 Å². The molecule has 0 radical (unpaired) electrons. The predicted molar refractivity (Wildman–Crippen MR) is 58.6 cm³/mol. The average Bonchev–Trinajstić information content (AvgIpc) is 2.24. The molecule has 4 nitrogen and oxygen atoms in total. The average molecular weight is 263 g/mol. The lowest BCUT2D eigenvalue weighted by atomic mass is 10.2. The van der Waals surface area contributed by atoms with Gasteiger partial charge in [0.2, 0.25) is 0 Å². The molecule has 0 aliphatic heterocycles. The summed E-state index contributed by atoms with van der Waals surface area (Å²) in [7, 11) is 0. The van der Waals surface area contributed by atoms with Gasteiger partial charge < -0.3 is 15.6 Å². The van der Waals surface area contributed by atoms with Gasteiger partial charge in [0.25, 0.3) is 0 Å². The smallest absolute Gasteiger partial charge is 0.389 e. The highest BCUT2D eigenvalue weighted by molar-refractivity contribution is 5.89. The molecule has 1 aromatic rings. The zero-order valence-corrected chi connectivity index (χ0v) is 9.33. The SMILES string of the molecule is Nc1cc(C(=O)O)ccc1OCCCC(F)(F)F. The first-order valence-electron chi connectivity index (χ1n) is 5.12. The highest BCUT2D eigenvalue weighted by Gasteiger charge is 2.26. The summed E-state index contributed by atoms with van der Waals surface area (Å²) >= 11 is 0. The highest BCUT2D eigenvalue weighted by Crippen LogP contribution is 2.24. The van der Waals surface area contributed by atoms with Gasteiger partial charge in [-0.15, -0.1) is 0 Å². The van der Waals surface area contributed by atoms with Crippen LogP contribution in [0.25, 0.3) is 0 Å². The number of halogens is 3. The Labute approximate surface area is 101 Å². The summed E-state index contributed by atoms with van der Waals surface area (Å²) in [6.07, 6.45) is -5.31. The summed E-state index contributed by atoms with van der Waals surface area (Å²) in [5, 5.41) is 8.68. The first-order valence-corrected chi connectivity index (χ1v) is 5.12. The van der Waals surface area contributed by atoms with Gasteiger partial charge >= 0.3 is 12.1 Å². The van der Waals surface area contributed by atoms with E-state index in [2.05, 4.69) is 0 Å². The Kier molecular flexibility index (Phi) is 4.41. The van der Waals surface area contributed by atoms with Gasteiger partial charge in [0.1, 0.15) is 5.75 Å². The number of nitrogen functional groups attached to an aromatic ring is 1. The van der Waals surface area contributed by atoms with Crippen LogP contribution in [0.4, 0.5) is 18.9 Å². The molecule has 0 aromatic heterocycles. The summed E-state index contributed by atoms with van der Waals surface area (Å²) in [5.74, 6) is -0.951. The summed E-state index contributed by atoms with van der Waals surface area (Å²) in [5.41, 5.74) is 5.60. The summed E-state index contributed by atoms with van der Waals surface area (Å²) in [6.45, 7) is -0.129. The van der Waals surface area contributed by atoms with Crippen molar-refractivity contribution in [3.63, 3.8) is 0 Å². The van der Waals surface area contributed by atoms with Crippen LogP contribution in [0.1, 0.15) is 23.2 Å². The van der Waals surface area contributed by atoms with E-state index in [1.807, 2.05) is 0 Å². The van der Waals surface area contributed by atoms with Crippen molar-refractivity contribution in [2.75, 3.05) is 12.3 Å². The van der Waals surface area contributed by atoms with Crippen molar-refractivity contribution in [2.45, 2.75) is 19.0 Å². The van der Waals surface area contributed by atoms with Crippen LogP contribution in [-0.2, 0) is 0 Å². The largest absolute Gasteiger partial charge is 0.491 e. The molecule has 0 saturated heterocycles. The number of aromatic carboxylic acids is 1. The molecule has 1 rings (SSSR count). The van der Waals surface area contributed by atoms with Crippen LogP contribution < -0.4 is 10.5 Å². The summed E-state index contributed by atoms with van der Waals surface area (Å²) in [6, 6.07) is 3.80. The van der Waals surface area contributed by atoms with Crippen LogP contribution in [0, 0.1) is 0 Å². The van der Waals surface area contributed by atoms with Crippen molar-refractivity contribution >= 4 is 11.7 Å². The van der Waals surface area contributed by atoms with Gasteiger partial charge in [-0.3, -0.25) is 0 Å². The third-order valence-electron chi connectivity index (χ3n) is 2.12. The van der Waals surface area contributed by atoms with Crippen molar-refractivity contribution in [3.8, 4) is 5.75 Å². The lowest BCUT2D eigenvalue weighted by Crippen LogP contribution is -2.10. The van der Waals surface area contributed by atoms with E-state index in [9.17, 15) is 18.0 Å². The normalized spacial score (nSPS) is 11.3. The minimum Gasteiger partial charge on any atom is -0.491 e. The second-order valence-corrected chi connectivity index (χ2v) is 3.62. The van der Waals surface area contributed by atoms with Gasteiger partial charge in [0, 0.05) is 6.42 Å². The van der Waals surface area contributed by atoms with Crippen LogP contribution in [-0.4, -0.2) is 23.9 Å². The topological polar surface area (TPSA) is 72.6 Å². The number of anilines is 1. The van der Waals surface area contributed by atoms with E-state index in [0.29, 0.717) is 0 Å². The van der Waals surface area contributed by atoms with E-state index >= 15 is 0 Å². The minimum atomic E-state index is -4.21. The fourth-order valence-corrected chi connectivity index (χ4v) is 1.27. The Bertz CT molecular complexity index is 432. The first kappa shape index (κ1) is 14.1. The van der Waals surface area contributed by atoms with Crippen LogP contribution in [0.5, 0.6) is 5.75 Å². The maximum absolute atomic E-state index is 11.9. The molecule has 0 atom stereocenters. The van der Waals surface area contributed by atoms with Crippen molar-refractivity contribution in [1.29, 1.82) is 0 Å². The number of rotatable bonds is 5. The summed E-state index contributed by atoms with van der Waals surface area (Å²) < 4.78 is 40.6. The highest BCUT2D eigenvalue weighted by atomic mass is 19.4. The number of alkyl halides is 3. The number of hydrogen-bond acceptors (Lipinski definition) is 3. The van der Waals surface area contributed by atoms with E-state index in [1.165, 1.54) is 18.2 Å². The third kappa shape index (κ3) is 4.52. The van der Waals surface area contributed by atoms with E-state index in [0.717, 1.165) is 0 Å². The second-order valence-electron chi connectivity index (χ2n) is 3.62. The van der Waals surface area contributed by atoms with Gasteiger partial charge in [0.15, 0.2) is 0 Å². The fraction of sp³-hybridized carbons (Fsp3) is 0.364. The molecule has 0 fully saturated rings. The zero-order chi connectivity index (χ0) is 13.8. The lowest BCUT2D eigenvalue weighted by molar-refractivity contribution is -0.136. The van der Waals surface area contributed by atoms with Crippen molar-refractivity contribution in [2.24, 2.45) is 0 Å². The van der Waals surface area contributed by atoms with Crippen molar-refractivity contribution in [1.82, 2.24) is 0 Å². The Balaban J connectivity index is 2.51. The third-order valence-corrected chi connectivity index (χ3v) is 2.12. The number of carbonyl (C=O) groups is 1. The molecule has 1 aromatic carbocycles. The Hall–Kier alpha value is -1.92. The number of ether oxygens (including phenoxy) is 1. The van der Waals surface area contributed by atoms with Gasteiger partial charge in [-0.1, -0.05) is 0 Å². The van der Waals surface area contributed by atoms with Gasteiger partial charge in [-0.2, -0.15) is 13.2 Å². The quantitative estimate of drug-likeness (QED) is 0.632. The van der Waals surface area contributed by atoms with Crippen LogP contribution in [0.2, 0.25) is 0 Å². The number of carboxylic acid groups (broad SMARTS) is 1. The molecule has 100 valence electrons. The molecule has 0 amide bonds. The number of benzene rings is 1. The fourth-order valence-electron chi connectivity index (χ4n) is 1.27. The maximum Gasteiger partial charge on any atom is 0.389 e. The molecule has 3 N–H and O–H groups in total. The molecular weight excluding hydrogens is 251 g/mol. The van der Waals surface area contributed by atoms with Gasteiger partial charge in [0.05, 0.1) is 17.9 Å². The molecule has 0 aliphatic carbocycles. The predicted octanol–water partition coefficient (Wildman–Crippen LogP) is 2.69. The second kappa shape index (κ2) is 5.61. The van der Waals surface area contributed by atoms with Gasteiger partial charge in [-0.25, -0.2) is 4.79 Å². The van der Waals surface area contributed by atoms with Crippen LogP contribution >= 0.6 is 0 Å². The maximum atomic E-state index is 11.9. The molecular formula is C11H12F3NO3. The van der Waals surface area contributed by atoms with Crippen LogP contribution in [0.15, 0.2) is 18.2 Å². The standard InChI is InChI=1S/C11H12F3NO3/c12-11(13,14)4-1-5-18-9-3-2-7(10(16)17)6-8(9)15/h2-3,6H,1,4-5,15H2,(H,16,17). The Morgan fingerprint density at radius 3 is 2.56 bits per heavy atom. The summed E-state index contributed by atoms with van der Waals surface area (Å²) in [4.78, 5) is 10.6. The zero-order valence-electron chi connectivity index (χ0n) is 9.33. The number of nitrogens with two attached hydrogens (primary N) is 1. The monoisotopic (exact) mass is 263 g/mol. The molecule has 7 heteroatoms. The van der Waals surface area contributed by atoms with E-state index in [-0.39, 0.29) is 30.0 Å². The minimum absolute atomic E-state index is 0.00450. The van der Waals surface area contributed by atoms with E-state index in [1.54, 1.807) is 0 Å². The number of hydrogen-bond donors (Lipinski definition) is 2.